The van der Waals surface area contributed by atoms with Gasteiger partial charge >= 0.3 is 6.18 Å². The van der Waals surface area contributed by atoms with Crippen molar-refractivity contribution in [2.45, 2.75) is 32.4 Å². The molecular weight excluding hydrogens is 405 g/mol. The number of amides is 2. The summed E-state index contributed by atoms with van der Waals surface area (Å²) in [4.78, 5) is 25.5. The fourth-order valence-electron chi connectivity index (χ4n) is 3.67. The van der Waals surface area contributed by atoms with Gasteiger partial charge in [-0.25, -0.2) is 0 Å². The van der Waals surface area contributed by atoms with Gasteiger partial charge in [0.1, 0.15) is 0 Å². The van der Waals surface area contributed by atoms with Gasteiger partial charge in [0.15, 0.2) is 0 Å². The number of aryl methyl sites for hydroxylation is 1. The average molecular weight is 429 g/mol. The van der Waals surface area contributed by atoms with Crippen molar-refractivity contribution in [3.8, 4) is 11.1 Å². The maximum Gasteiger partial charge on any atom is 0.417 e. The topological polar surface area (TPSA) is 49.4 Å². The second kappa shape index (κ2) is 9.81. The standard InChI is InChI=1S/C24H24F3N2O2/c1-17-7-2-3-9-19(17)23-18(8-4-10-20(23)24(25,26)27)12-13-21(30)28-14-6-16-29-15-5-11-22(29)31/h2-4,7-9,12-13H,5-6,11,14-16H2,1H3,(H,28,30)/b13-12+. The SMILES string of the molecule is Cc1ccccc1-c1c(C(F)(F)F)[c]ccc1/C=C/C(=O)NCCCN1CCCC1=O. The smallest absolute Gasteiger partial charge is 0.352 e. The zero-order valence-electron chi connectivity index (χ0n) is 17.3. The molecule has 0 unspecified atom stereocenters. The Hall–Kier alpha value is -3.09. The van der Waals surface area contributed by atoms with Gasteiger partial charge in [-0.1, -0.05) is 36.4 Å². The Bertz CT molecular complexity index is 983. The Balaban J connectivity index is 1.73. The van der Waals surface area contributed by atoms with Gasteiger partial charge in [-0.05, 0) is 48.6 Å². The first-order valence-electron chi connectivity index (χ1n) is 10.2. The average Bonchev–Trinajstić information content (AvgIpc) is 3.14. The number of nitrogens with one attached hydrogen (secondary N) is 1. The number of benzene rings is 2. The molecule has 0 aliphatic carbocycles. The molecule has 0 spiro atoms. The molecule has 0 saturated carbocycles. The lowest BCUT2D eigenvalue weighted by molar-refractivity contribution is -0.137. The highest BCUT2D eigenvalue weighted by molar-refractivity contribution is 5.93. The highest BCUT2D eigenvalue weighted by Gasteiger charge is 2.35. The lowest BCUT2D eigenvalue weighted by Crippen LogP contribution is -2.29. The summed E-state index contributed by atoms with van der Waals surface area (Å²) in [5.41, 5.74) is 0.577. The van der Waals surface area contributed by atoms with Crippen molar-refractivity contribution >= 4 is 17.9 Å². The van der Waals surface area contributed by atoms with Crippen LogP contribution in [0.3, 0.4) is 0 Å². The summed E-state index contributed by atoms with van der Waals surface area (Å²) in [6.07, 6.45) is 0.121. The molecule has 4 nitrogen and oxygen atoms in total. The van der Waals surface area contributed by atoms with E-state index in [9.17, 15) is 22.8 Å². The van der Waals surface area contributed by atoms with E-state index in [1.165, 1.54) is 24.3 Å². The lowest BCUT2D eigenvalue weighted by Gasteiger charge is -2.17. The normalized spacial score (nSPS) is 14.5. The summed E-state index contributed by atoms with van der Waals surface area (Å²) in [5, 5.41) is 2.71. The molecule has 2 amide bonds. The van der Waals surface area contributed by atoms with Crippen molar-refractivity contribution in [1.82, 2.24) is 10.2 Å². The van der Waals surface area contributed by atoms with Crippen LogP contribution in [-0.2, 0) is 15.8 Å². The van der Waals surface area contributed by atoms with Crippen LogP contribution in [0.2, 0.25) is 0 Å². The predicted molar refractivity (Wildman–Crippen MR) is 113 cm³/mol. The Morgan fingerprint density at radius 1 is 1.26 bits per heavy atom. The molecule has 1 saturated heterocycles. The molecule has 1 N–H and O–H groups in total. The molecule has 163 valence electrons. The molecule has 2 aromatic carbocycles. The number of alkyl halides is 3. The molecule has 1 aliphatic rings. The largest absolute Gasteiger partial charge is 0.417 e. The van der Waals surface area contributed by atoms with Crippen molar-refractivity contribution in [2.75, 3.05) is 19.6 Å². The minimum atomic E-state index is -4.57. The van der Waals surface area contributed by atoms with E-state index in [1.807, 2.05) is 0 Å². The van der Waals surface area contributed by atoms with Gasteiger partial charge in [-0.3, -0.25) is 9.59 Å². The first-order chi connectivity index (χ1) is 14.8. The number of rotatable bonds is 7. The lowest BCUT2D eigenvalue weighted by atomic mass is 9.91. The van der Waals surface area contributed by atoms with Crippen LogP contribution in [0.15, 0.2) is 42.5 Å². The Kier molecular flexibility index (Phi) is 7.15. The summed E-state index contributed by atoms with van der Waals surface area (Å²) in [6, 6.07) is 11.9. The fourth-order valence-corrected chi connectivity index (χ4v) is 3.67. The maximum absolute atomic E-state index is 13.6. The molecule has 1 fully saturated rings. The Morgan fingerprint density at radius 3 is 2.71 bits per heavy atom. The van der Waals surface area contributed by atoms with E-state index in [-0.39, 0.29) is 17.0 Å². The minimum Gasteiger partial charge on any atom is -0.352 e. The number of carbonyl (C=O) groups excluding carboxylic acids is 2. The number of halogens is 3. The molecule has 1 radical (unpaired) electrons. The van der Waals surface area contributed by atoms with Crippen LogP contribution in [0.4, 0.5) is 13.2 Å². The molecule has 0 aromatic heterocycles. The van der Waals surface area contributed by atoms with Crippen molar-refractivity contribution < 1.29 is 22.8 Å². The van der Waals surface area contributed by atoms with Gasteiger partial charge in [-0.2, -0.15) is 13.2 Å². The molecule has 0 atom stereocenters. The number of carbonyl (C=O) groups is 2. The summed E-state index contributed by atoms with van der Waals surface area (Å²) in [5.74, 6) is -0.263. The summed E-state index contributed by atoms with van der Waals surface area (Å²) in [7, 11) is 0. The third-order valence-corrected chi connectivity index (χ3v) is 5.22. The van der Waals surface area contributed by atoms with Gasteiger partial charge in [-0.15, -0.1) is 0 Å². The summed E-state index contributed by atoms with van der Waals surface area (Å²) in [6.45, 7) is 3.46. The van der Waals surface area contributed by atoms with E-state index in [2.05, 4.69) is 11.4 Å². The maximum atomic E-state index is 13.6. The fraction of sp³-hybridized carbons (Fsp3) is 0.333. The minimum absolute atomic E-state index is 0.00435. The van der Waals surface area contributed by atoms with Gasteiger partial charge in [0.25, 0.3) is 0 Å². The van der Waals surface area contributed by atoms with Crippen molar-refractivity contribution in [2.24, 2.45) is 0 Å². The van der Waals surface area contributed by atoms with Gasteiger partial charge in [0.2, 0.25) is 11.8 Å². The van der Waals surface area contributed by atoms with E-state index < -0.39 is 17.6 Å². The van der Waals surface area contributed by atoms with Crippen LogP contribution in [-0.4, -0.2) is 36.3 Å². The first kappa shape index (κ1) is 22.6. The van der Waals surface area contributed by atoms with Crippen molar-refractivity contribution in [1.29, 1.82) is 0 Å². The summed E-state index contributed by atoms with van der Waals surface area (Å²) >= 11 is 0. The van der Waals surface area contributed by atoms with Crippen molar-refractivity contribution in [3.05, 3.63) is 65.2 Å². The number of hydrogen-bond donors (Lipinski definition) is 1. The molecule has 7 heteroatoms. The quantitative estimate of drug-likeness (QED) is 0.516. The second-order valence-corrected chi connectivity index (χ2v) is 7.46. The molecule has 1 aliphatic heterocycles. The number of likely N-dealkylation sites (tertiary alicyclic amines) is 1. The number of nitrogens with zero attached hydrogens (tertiary/aromatic N) is 1. The van der Waals surface area contributed by atoms with Gasteiger partial charge in [0.05, 0.1) is 5.56 Å². The zero-order chi connectivity index (χ0) is 22.4. The van der Waals surface area contributed by atoms with Crippen LogP contribution in [0.5, 0.6) is 0 Å². The second-order valence-electron chi connectivity index (χ2n) is 7.46. The molecule has 1 heterocycles. The molecular formula is C24H24F3N2O2. The van der Waals surface area contributed by atoms with E-state index in [0.29, 0.717) is 37.1 Å². The zero-order valence-corrected chi connectivity index (χ0v) is 17.3. The van der Waals surface area contributed by atoms with E-state index >= 15 is 0 Å². The number of hydrogen-bond acceptors (Lipinski definition) is 2. The highest BCUT2D eigenvalue weighted by Crippen LogP contribution is 2.40. The van der Waals surface area contributed by atoms with Crippen LogP contribution in [0.1, 0.15) is 36.0 Å². The monoisotopic (exact) mass is 429 g/mol. The van der Waals surface area contributed by atoms with Crippen LogP contribution >= 0.6 is 0 Å². The molecule has 0 bridgehead atoms. The first-order valence-corrected chi connectivity index (χ1v) is 10.2. The van der Waals surface area contributed by atoms with Gasteiger partial charge < -0.3 is 10.2 Å². The highest BCUT2D eigenvalue weighted by atomic mass is 19.4. The predicted octanol–water partition coefficient (Wildman–Crippen LogP) is 4.62. The molecule has 3 rings (SSSR count). The summed E-state index contributed by atoms with van der Waals surface area (Å²) < 4.78 is 40.9. The van der Waals surface area contributed by atoms with E-state index in [4.69, 9.17) is 0 Å². The van der Waals surface area contributed by atoms with E-state index in [1.54, 1.807) is 36.1 Å². The van der Waals surface area contributed by atoms with Crippen molar-refractivity contribution in [3.63, 3.8) is 0 Å². The Labute approximate surface area is 179 Å². The van der Waals surface area contributed by atoms with E-state index in [0.717, 1.165) is 13.0 Å². The molecule has 2 aromatic rings. The Morgan fingerprint density at radius 2 is 2.03 bits per heavy atom. The van der Waals surface area contributed by atoms with Crippen LogP contribution in [0, 0.1) is 13.0 Å². The molecule has 31 heavy (non-hydrogen) atoms. The third kappa shape index (κ3) is 5.75. The van der Waals surface area contributed by atoms with Gasteiger partial charge in [0, 0.05) is 37.7 Å². The third-order valence-electron chi connectivity index (χ3n) is 5.22. The van der Waals surface area contributed by atoms with Crippen LogP contribution in [0.25, 0.3) is 17.2 Å². The van der Waals surface area contributed by atoms with Crippen LogP contribution < -0.4 is 5.32 Å².